The number of hydrogen-bond acceptors (Lipinski definition) is 8. The van der Waals surface area contributed by atoms with Crippen LogP contribution in [0.1, 0.15) is 21.0 Å². The Balaban J connectivity index is 0. The topological polar surface area (TPSA) is 228 Å². The summed E-state index contributed by atoms with van der Waals surface area (Å²) in [4.78, 5) is 33.9. The molecule has 0 saturated carbocycles. The fraction of sp³-hybridized carbons (Fsp3) is 0.286. The molecule has 1 aliphatic heterocycles. The monoisotopic (exact) mass is 370 g/mol. The van der Waals surface area contributed by atoms with Crippen LogP contribution in [-0.2, 0) is 0 Å². The van der Waals surface area contributed by atoms with Crippen molar-refractivity contribution >= 4 is 11.9 Å². The minimum absolute atomic E-state index is 0. The highest BCUT2D eigenvalue weighted by atomic mass is 16.4. The van der Waals surface area contributed by atoms with E-state index in [4.69, 9.17) is 0 Å². The molecule has 0 aliphatic carbocycles. The van der Waals surface area contributed by atoms with Crippen LogP contribution in [0.5, 0.6) is 0 Å². The van der Waals surface area contributed by atoms with E-state index in [9.17, 15) is 19.8 Å². The molecule has 1 saturated heterocycles. The minimum Gasteiger partial charge on any atom is -0.543 e. The van der Waals surface area contributed by atoms with Crippen molar-refractivity contribution in [3.63, 3.8) is 0 Å². The van der Waals surface area contributed by atoms with Crippen molar-refractivity contribution in [3.8, 4) is 0 Å². The van der Waals surface area contributed by atoms with Gasteiger partial charge in [-0.3, -0.25) is 19.9 Å². The fourth-order valence-electron chi connectivity index (χ4n) is 1.57. The lowest BCUT2D eigenvalue weighted by atomic mass is 10.4. The van der Waals surface area contributed by atoms with Gasteiger partial charge in [-0.05, 0) is 0 Å². The van der Waals surface area contributed by atoms with Crippen LogP contribution in [0.4, 0.5) is 0 Å². The molecule has 26 heavy (non-hydrogen) atoms. The molecule has 2 aromatic heterocycles. The number of rotatable bonds is 2. The minimum atomic E-state index is -1.30. The predicted molar refractivity (Wildman–Crippen MR) is 83.3 cm³/mol. The highest BCUT2D eigenvalue weighted by Gasteiger charge is 1.99. The molecule has 3 heterocycles. The number of carboxylic acids is 2. The molecule has 12 nitrogen and oxygen atoms in total. The third-order valence-electron chi connectivity index (χ3n) is 2.69. The van der Waals surface area contributed by atoms with E-state index in [1.54, 1.807) is 0 Å². The van der Waals surface area contributed by atoms with Gasteiger partial charge < -0.3 is 41.4 Å². The zero-order valence-electron chi connectivity index (χ0n) is 13.9. The first kappa shape index (κ1) is 25.2. The number of hydrogen-bond donors (Lipinski definition) is 2. The maximum absolute atomic E-state index is 9.99. The standard InChI is InChI=1S/2C5H4N2O2.C4H10N2.2H2O/c2*8-5(9)4-3-6-1-2-7-4;1-2-6-4-3-5-1;;/h2*1-3H,(H,8,9);5-6H,1-4H2;2*1H2. The van der Waals surface area contributed by atoms with Crippen molar-refractivity contribution in [1.82, 2.24) is 19.9 Å². The third kappa shape index (κ3) is 11.5. The van der Waals surface area contributed by atoms with Gasteiger partial charge in [-0.2, -0.15) is 0 Å². The zero-order chi connectivity index (χ0) is 17.6. The van der Waals surface area contributed by atoms with Crippen molar-refractivity contribution in [2.45, 2.75) is 0 Å². The summed E-state index contributed by atoms with van der Waals surface area (Å²) in [5, 5.41) is 24.7. The predicted octanol–water partition coefficient (Wildman–Crippen LogP) is -6.84. The average Bonchev–Trinajstić information content (AvgIpc) is 2.65. The van der Waals surface area contributed by atoms with Gasteiger partial charge in [0.1, 0.15) is 37.6 Å². The summed E-state index contributed by atoms with van der Waals surface area (Å²) in [6, 6.07) is 0. The molecule has 0 atom stereocenters. The summed E-state index contributed by atoms with van der Waals surface area (Å²) in [5.74, 6) is -2.61. The molecule has 2 aromatic rings. The number of carbonyl (C=O) groups is 2. The van der Waals surface area contributed by atoms with Crippen molar-refractivity contribution in [2.75, 3.05) is 26.2 Å². The normalized spacial score (nSPS) is 11.7. The van der Waals surface area contributed by atoms with Gasteiger partial charge in [0.2, 0.25) is 0 Å². The molecule has 1 aliphatic rings. The number of aromatic nitrogens is 4. The third-order valence-corrected chi connectivity index (χ3v) is 2.69. The van der Waals surface area contributed by atoms with Crippen molar-refractivity contribution in [1.29, 1.82) is 0 Å². The first-order chi connectivity index (χ1) is 11.6. The van der Waals surface area contributed by atoms with Crippen molar-refractivity contribution in [2.24, 2.45) is 0 Å². The van der Waals surface area contributed by atoms with Crippen LogP contribution in [0.25, 0.3) is 0 Å². The summed E-state index contributed by atoms with van der Waals surface area (Å²) in [7, 11) is 0. The van der Waals surface area contributed by atoms with Gasteiger partial charge >= 0.3 is 0 Å². The largest absolute Gasteiger partial charge is 0.543 e. The van der Waals surface area contributed by atoms with Crippen LogP contribution in [0, 0.1) is 0 Å². The smallest absolute Gasteiger partial charge is 0.125 e. The molecule has 0 unspecified atom stereocenters. The van der Waals surface area contributed by atoms with Crippen LogP contribution >= 0.6 is 0 Å². The molecule has 144 valence electrons. The number of piperazine rings is 1. The van der Waals surface area contributed by atoms with Crippen molar-refractivity contribution < 1.29 is 41.4 Å². The first-order valence-corrected chi connectivity index (χ1v) is 7.19. The highest BCUT2D eigenvalue weighted by Crippen LogP contribution is 1.85. The van der Waals surface area contributed by atoms with Gasteiger partial charge in [0, 0.05) is 24.8 Å². The molecule has 0 radical (unpaired) electrons. The van der Waals surface area contributed by atoms with E-state index in [0.29, 0.717) is 0 Å². The molecule has 1 fully saturated rings. The fourth-order valence-corrected chi connectivity index (χ4v) is 1.57. The Morgan fingerprint density at radius 1 is 0.731 bits per heavy atom. The maximum Gasteiger partial charge on any atom is 0.125 e. The van der Waals surface area contributed by atoms with Crippen LogP contribution in [0.15, 0.2) is 37.2 Å². The lowest BCUT2D eigenvalue weighted by Gasteiger charge is -2.04. The number of nitrogens with two attached hydrogens (primary N) is 2. The Bertz CT molecular complexity index is 551. The Morgan fingerprint density at radius 2 is 1.08 bits per heavy atom. The van der Waals surface area contributed by atoms with Crippen LogP contribution in [0.2, 0.25) is 0 Å². The lowest BCUT2D eigenvalue weighted by molar-refractivity contribution is -0.787. The van der Waals surface area contributed by atoms with Gasteiger partial charge in [-0.25, -0.2) is 0 Å². The lowest BCUT2D eigenvalue weighted by Crippen LogP contribution is -3.04. The SMILES string of the molecule is C1C[NH2+]CC[NH2+]1.O.O.O=C([O-])c1cnccn1.O=C([O-])c1cnccn1. The van der Waals surface area contributed by atoms with Gasteiger partial charge in [0.05, 0.1) is 24.3 Å². The van der Waals surface area contributed by atoms with Crippen LogP contribution < -0.4 is 20.8 Å². The highest BCUT2D eigenvalue weighted by molar-refractivity contribution is 5.83. The second-order valence-corrected chi connectivity index (χ2v) is 4.49. The molecule has 0 spiro atoms. The Kier molecular flexibility index (Phi) is 15.0. The molecule has 3 rings (SSSR count). The maximum atomic E-state index is 9.99. The Labute approximate surface area is 149 Å². The summed E-state index contributed by atoms with van der Waals surface area (Å²) < 4.78 is 0. The molecule has 12 heteroatoms. The first-order valence-electron chi connectivity index (χ1n) is 7.19. The second-order valence-electron chi connectivity index (χ2n) is 4.49. The second kappa shape index (κ2) is 15.5. The molecule has 0 bridgehead atoms. The van der Waals surface area contributed by atoms with E-state index in [0.717, 1.165) is 12.4 Å². The van der Waals surface area contributed by atoms with E-state index in [2.05, 4.69) is 30.6 Å². The number of quaternary nitrogens is 2. The van der Waals surface area contributed by atoms with Crippen LogP contribution in [-0.4, -0.2) is 69.0 Å². The number of nitrogens with zero attached hydrogens (tertiary/aromatic N) is 4. The van der Waals surface area contributed by atoms with Gasteiger partial charge in [-0.15, -0.1) is 0 Å². The average molecular weight is 370 g/mol. The number of carbonyl (C=O) groups excluding carboxylic acids is 2. The van der Waals surface area contributed by atoms with E-state index in [1.807, 2.05) is 0 Å². The molecular weight excluding hydrogens is 348 g/mol. The molecular formula is C14H22N6O6. The summed E-state index contributed by atoms with van der Waals surface area (Å²) in [6.07, 6.45) is 7.65. The summed E-state index contributed by atoms with van der Waals surface area (Å²) in [6.45, 7) is 5.28. The Hall–Kier alpha value is -3.06. The zero-order valence-corrected chi connectivity index (χ0v) is 13.9. The van der Waals surface area contributed by atoms with Gasteiger partial charge in [0.25, 0.3) is 0 Å². The number of aromatic carboxylic acids is 2. The van der Waals surface area contributed by atoms with Crippen molar-refractivity contribution in [3.05, 3.63) is 48.6 Å². The van der Waals surface area contributed by atoms with Gasteiger partial charge in [0.15, 0.2) is 0 Å². The number of carboxylic acid groups (broad SMARTS) is 2. The summed E-state index contributed by atoms with van der Waals surface area (Å²) in [5.41, 5.74) is -0.282. The quantitative estimate of drug-likeness (QED) is 0.514. The summed E-state index contributed by atoms with van der Waals surface area (Å²) >= 11 is 0. The van der Waals surface area contributed by atoms with Crippen LogP contribution in [0.3, 0.4) is 0 Å². The molecule has 0 aromatic carbocycles. The van der Waals surface area contributed by atoms with E-state index < -0.39 is 11.9 Å². The Morgan fingerprint density at radius 3 is 1.23 bits per heavy atom. The van der Waals surface area contributed by atoms with E-state index in [-0.39, 0.29) is 22.3 Å². The molecule has 0 amide bonds. The van der Waals surface area contributed by atoms with E-state index in [1.165, 1.54) is 51.0 Å². The van der Waals surface area contributed by atoms with E-state index >= 15 is 0 Å². The van der Waals surface area contributed by atoms with Gasteiger partial charge in [-0.1, -0.05) is 0 Å². The molecule has 8 N–H and O–H groups in total.